The Hall–Kier alpha value is -2.97. The van der Waals surface area contributed by atoms with Crippen LogP contribution in [0.1, 0.15) is 30.3 Å². The fraction of sp³-hybridized carbons (Fsp3) is 0.227. The maximum atomic E-state index is 13.4. The number of ether oxygens (including phenoxy) is 2. The monoisotopic (exact) mass is 440 g/mol. The van der Waals surface area contributed by atoms with E-state index in [1.807, 2.05) is 54.8 Å². The number of methoxy groups -OCH3 is 1. The molecule has 6 nitrogen and oxygen atoms in total. The smallest absolute Gasteiger partial charge is 0.338 e. The molecule has 154 valence electrons. The van der Waals surface area contributed by atoms with Gasteiger partial charge in [0.1, 0.15) is 11.8 Å². The number of nitrogens with zero attached hydrogens (tertiary/aromatic N) is 2. The molecule has 30 heavy (non-hydrogen) atoms. The number of rotatable bonds is 5. The van der Waals surface area contributed by atoms with E-state index in [0.717, 1.165) is 10.4 Å². The second-order valence-electron chi connectivity index (χ2n) is 6.56. The number of carbonyl (C=O) groups excluding carboxylic acids is 1. The van der Waals surface area contributed by atoms with E-state index in [1.54, 1.807) is 11.5 Å². The van der Waals surface area contributed by atoms with Crippen LogP contribution in [-0.2, 0) is 9.53 Å². The molecule has 1 aliphatic heterocycles. The summed E-state index contributed by atoms with van der Waals surface area (Å²) in [6.45, 7) is 4.23. The largest absolute Gasteiger partial charge is 0.493 e. The average Bonchev–Trinajstić information content (AvgIpc) is 3.37. The molecule has 3 heterocycles. The van der Waals surface area contributed by atoms with Gasteiger partial charge in [-0.15, -0.1) is 11.3 Å². The standard InChI is InChI=1S/C22H20N2O4S2/c1-4-28-15-9-6-5-8-14(15)12-17-20(25)24-19(16-10-7-11-29-16)18(21(26)27-3)13(2)23-22(24)30-17/h5-12,19H,4H2,1-3H3. The van der Waals surface area contributed by atoms with E-state index in [9.17, 15) is 9.59 Å². The lowest BCUT2D eigenvalue weighted by molar-refractivity contribution is -0.136. The van der Waals surface area contributed by atoms with Crippen molar-refractivity contribution in [1.82, 2.24) is 4.57 Å². The van der Waals surface area contributed by atoms with Crippen LogP contribution >= 0.6 is 22.7 Å². The third-order valence-corrected chi connectivity index (χ3v) is 6.65. The maximum absolute atomic E-state index is 13.4. The summed E-state index contributed by atoms with van der Waals surface area (Å²) in [6.07, 6.45) is 1.82. The molecule has 0 saturated heterocycles. The second kappa shape index (κ2) is 8.41. The van der Waals surface area contributed by atoms with Gasteiger partial charge in [-0.25, -0.2) is 9.79 Å². The number of hydrogen-bond donors (Lipinski definition) is 0. The van der Waals surface area contributed by atoms with Crippen LogP contribution in [0.25, 0.3) is 6.08 Å². The summed E-state index contributed by atoms with van der Waals surface area (Å²) >= 11 is 2.79. The third-order valence-electron chi connectivity index (χ3n) is 4.75. The van der Waals surface area contributed by atoms with Crippen molar-refractivity contribution in [2.45, 2.75) is 19.9 Å². The molecule has 0 aliphatic carbocycles. The average molecular weight is 441 g/mol. The number of thiazole rings is 1. The molecule has 2 aromatic heterocycles. The molecule has 0 saturated carbocycles. The Labute approximate surface area is 181 Å². The zero-order valence-electron chi connectivity index (χ0n) is 16.7. The second-order valence-corrected chi connectivity index (χ2v) is 8.55. The van der Waals surface area contributed by atoms with Crippen LogP contribution in [0.2, 0.25) is 0 Å². The van der Waals surface area contributed by atoms with E-state index < -0.39 is 12.0 Å². The van der Waals surface area contributed by atoms with Crippen molar-refractivity contribution >= 4 is 34.7 Å². The zero-order valence-corrected chi connectivity index (χ0v) is 18.4. The summed E-state index contributed by atoms with van der Waals surface area (Å²) in [5.74, 6) is 0.234. The first-order valence-corrected chi connectivity index (χ1v) is 11.1. The van der Waals surface area contributed by atoms with Gasteiger partial charge in [-0.1, -0.05) is 35.6 Å². The zero-order chi connectivity index (χ0) is 21.3. The number of carbonyl (C=O) groups is 1. The molecular formula is C22H20N2O4S2. The first-order valence-electron chi connectivity index (χ1n) is 9.41. The topological polar surface area (TPSA) is 69.9 Å². The molecule has 1 aliphatic rings. The van der Waals surface area contributed by atoms with E-state index in [4.69, 9.17) is 9.47 Å². The molecule has 1 atom stereocenters. The highest BCUT2D eigenvalue weighted by molar-refractivity contribution is 7.10. The van der Waals surface area contributed by atoms with Crippen LogP contribution < -0.4 is 19.6 Å². The minimum absolute atomic E-state index is 0.197. The number of hydrogen-bond acceptors (Lipinski definition) is 7. The normalized spacial score (nSPS) is 16.2. The molecule has 1 aromatic carbocycles. The Morgan fingerprint density at radius 2 is 2.07 bits per heavy atom. The van der Waals surface area contributed by atoms with Gasteiger partial charge in [0.2, 0.25) is 0 Å². The minimum atomic E-state index is -0.557. The maximum Gasteiger partial charge on any atom is 0.338 e. The lowest BCUT2D eigenvalue weighted by atomic mass is 10.0. The van der Waals surface area contributed by atoms with Crippen molar-refractivity contribution in [1.29, 1.82) is 0 Å². The Kier molecular flexibility index (Phi) is 5.69. The molecule has 0 N–H and O–H groups in total. The van der Waals surface area contributed by atoms with Crippen molar-refractivity contribution in [3.05, 3.63) is 83.2 Å². The van der Waals surface area contributed by atoms with Crippen LogP contribution in [0.4, 0.5) is 0 Å². The third kappa shape index (κ3) is 3.53. The van der Waals surface area contributed by atoms with Crippen LogP contribution in [0, 0.1) is 0 Å². The van der Waals surface area contributed by atoms with Crippen molar-refractivity contribution in [2.24, 2.45) is 4.99 Å². The molecule has 0 radical (unpaired) electrons. The fourth-order valence-electron chi connectivity index (χ4n) is 3.44. The molecular weight excluding hydrogens is 420 g/mol. The molecule has 0 fully saturated rings. The van der Waals surface area contributed by atoms with Crippen molar-refractivity contribution in [3.8, 4) is 5.75 Å². The lowest BCUT2D eigenvalue weighted by Gasteiger charge is -2.22. The van der Waals surface area contributed by atoms with E-state index in [-0.39, 0.29) is 5.56 Å². The van der Waals surface area contributed by atoms with Crippen molar-refractivity contribution in [2.75, 3.05) is 13.7 Å². The summed E-state index contributed by atoms with van der Waals surface area (Å²) in [5.41, 5.74) is 1.56. The van der Waals surface area contributed by atoms with Crippen LogP contribution in [0.5, 0.6) is 5.75 Å². The van der Waals surface area contributed by atoms with Gasteiger partial charge in [0.25, 0.3) is 5.56 Å². The Morgan fingerprint density at radius 1 is 1.27 bits per heavy atom. The number of aromatic nitrogens is 1. The Bertz CT molecular complexity index is 1300. The lowest BCUT2D eigenvalue weighted by Crippen LogP contribution is -2.39. The molecule has 4 rings (SSSR count). The van der Waals surface area contributed by atoms with Gasteiger partial charge >= 0.3 is 5.97 Å². The predicted octanol–water partition coefficient (Wildman–Crippen LogP) is 2.87. The van der Waals surface area contributed by atoms with Gasteiger partial charge < -0.3 is 9.47 Å². The van der Waals surface area contributed by atoms with Crippen LogP contribution in [-0.4, -0.2) is 24.3 Å². The predicted molar refractivity (Wildman–Crippen MR) is 118 cm³/mol. The number of esters is 1. The van der Waals surface area contributed by atoms with E-state index in [0.29, 0.717) is 33.0 Å². The summed E-state index contributed by atoms with van der Waals surface area (Å²) in [7, 11) is 1.34. The van der Waals surface area contributed by atoms with Crippen LogP contribution in [0.3, 0.4) is 0 Å². The number of allylic oxidation sites excluding steroid dienone is 1. The number of fused-ring (bicyclic) bond motifs is 1. The van der Waals surface area contributed by atoms with E-state index in [2.05, 4.69) is 4.99 Å². The molecule has 8 heteroatoms. The minimum Gasteiger partial charge on any atom is -0.493 e. The van der Waals surface area contributed by atoms with Crippen LogP contribution in [0.15, 0.2) is 62.8 Å². The molecule has 0 bridgehead atoms. The quantitative estimate of drug-likeness (QED) is 0.572. The van der Waals surface area contributed by atoms with Gasteiger partial charge in [0.05, 0.1) is 29.5 Å². The highest BCUT2D eigenvalue weighted by Crippen LogP contribution is 2.33. The van der Waals surface area contributed by atoms with Gasteiger partial charge in [-0.05, 0) is 37.4 Å². The summed E-state index contributed by atoms with van der Waals surface area (Å²) in [5, 5.41) is 1.92. The molecule has 3 aromatic rings. The summed E-state index contributed by atoms with van der Waals surface area (Å²) < 4.78 is 12.8. The summed E-state index contributed by atoms with van der Waals surface area (Å²) in [4.78, 5) is 32.0. The summed E-state index contributed by atoms with van der Waals surface area (Å²) in [6, 6.07) is 10.8. The number of para-hydroxylation sites is 1. The molecule has 0 spiro atoms. The Morgan fingerprint density at radius 3 is 2.77 bits per heavy atom. The first-order chi connectivity index (χ1) is 14.5. The van der Waals surface area contributed by atoms with Gasteiger partial charge in [-0.3, -0.25) is 9.36 Å². The number of thiophene rings is 1. The van der Waals surface area contributed by atoms with Gasteiger partial charge in [0.15, 0.2) is 4.80 Å². The molecule has 0 amide bonds. The Balaban J connectivity index is 1.95. The highest BCUT2D eigenvalue weighted by atomic mass is 32.1. The number of benzene rings is 1. The SMILES string of the molecule is CCOc1ccccc1C=c1sc2n(c1=O)C(c1cccs1)C(C(=O)OC)=C(C)N=2. The fourth-order valence-corrected chi connectivity index (χ4v) is 5.30. The van der Waals surface area contributed by atoms with Gasteiger partial charge in [-0.2, -0.15) is 0 Å². The van der Waals surface area contributed by atoms with Gasteiger partial charge in [0, 0.05) is 10.4 Å². The van der Waals surface area contributed by atoms with Crippen molar-refractivity contribution < 1.29 is 14.3 Å². The van der Waals surface area contributed by atoms with E-state index in [1.165, 1.54) is 29.8 Å². The molecule has 1 unspecified atom stereocenters. The van der Waals surface area contributed by atoms with E-state index >= 15 is 0 Å². The highest BCUT2D eigenvalue weighted by Gasteiger charge is 2.33. The first kappa shape index (κ1) is 20.3. The van der Waals surface area contributed by atoms with Crippen molar-refractivity contribution in [3.63, 3.8) is 0 Å².